The molecule has 2 N–H and O–H groups in total. The van der Waals surface area contributed by atoms with E-state index in [1.54, 1.807) is 11.1 Å². The highest BCUT2D eigenvalue weighted by molar-refractivity contribution is 5.27. The maximum Gasteiger partial charge on any atom is 0.0596 e. The van der Waals surface area contributed by atoms with E-state index >= 15 is 0 Å². The smallest absolute Gasteiger partial charge is 0.0596 e. The van der Waals surface area contributed by atoms with Gasteiger partial charge in [0.2, 0.25) is 0 Å². The Bertz CT molecular complexity index is 441. The quantitative estimate of drug-likeness (QED) is 0.666. The standard InChI is InChI=1S/C18H28O2/c1-18-9-8-14-13-5-3-12(19)10-11(13)2-4-15(14)16(18)6-7-17(18)20/h12,14-17,19-20H,2-10H2,1H3/t12-,14-,15+,16+,17+,18+/m1/s1. The Kier molecular flexibility index (Phi) is 3.05. The summed E-state index contributed by atoms with van der Waals surface area (Å²) in [6.07, 6.45) is 10.2. The molecule has 4 rings (SSSR count). The Labute approximate surface area is 122 Å². The number of rotatable bonds is 0. The number of hydrogen-bond acceptors (Lipinski definition) is 2. The lowest BCUT2D eigenvalue weighted by Crippen LogP contribution is -2.45. The van der Waals surface area contributed by atoms with Crippen molar-refractivity contribution in [2.75, 3.05) is 0 Å². The van der Waals surface area contributed by atoms with Crippen molar-refractivity contribution in [1.82, 2.24) is 0 Å². The summed E-state index contributed by atoms with van der Waals surface area (Å²) in [6.45, 7) is 2.35. The van der Waals surface area contributed by atoms with E-state index in [-0.39, 0.29) is 17.6 Å². The molecule has 0 unspecified atom stereocenters. The zero-order chi connectivity index (χ0) is 13.9. The van der Waals surface area contributed by atoms with E-state index in [1.807, 2.05) is 0 Å². The minimum absolute atomic E-state index is 0.0583. The molecular weight excluding hydrogens is 248 g/mol. The van der Waals surface area contributed by atoms with Crippen molar-refractivity contribution in [2.45, 2.75) is 76.9 Å². The van der Waals surface area contributed by atoms with Crippen molar-refractivity contribution < 1.29 is 10.2 Å². The zero-order valence-corrected chi connectivity index (χ0v) is 12.6. The molecule has 6 atom stereocenters. The van der Waals surface area contributed by atoms with Gasteiger partial charge in [0.25, 0.3) is 0 Å². The van der Waals surface area contributed by atoms with Crippen LogP contribution in [0, 0.1) is 23.2 Å². The van der Waals surface area contributed by atoms with Gasteiger partial charge in [-0.3, -0.25) is 0 Å². The first-order valence-corrected chi connectivity index (χ1v) is 8.66. The van der Waals surface area contributed by atoms with E-state index in [2.05, 4.69) is 6.92 Å². The van der Waals surface area contributed by atoms with Crippen LogP contribution < -0.4 is 0 Å². The van der Waals surface area contributed by atoms with Gasteiger partial charge >= 0.3 is 0 Å². The third kappa shape index (κ3) is 1.77. The van der Waals surface area contributed by atoms with Gasteiger partial charge in [0, 0.05) is 0 Å². The van der Waals surface area contributed by atoms with Crippen LogP contribution in [0.3, 0.4) is 0 Å². The Morgan fingerprint density at radius 3 is 2.70 bits per heavy atom. The van der Waals surface area contributed by atoms with Gasteiger partial charge in [0.15, 0.2) is 0 Å². The highest BCUT2D eigenvalue weighted by Gasteiger charge is 2.54. The molecule has 2 heteroatoms. The third-order valence-corrected chi connectivity index (χ3v) is 7.30. The molecule has 4 aliphatic rings. The van der Waals surface area contributed by atoms with Crippen molar-refractivity contribution in [1.29, 1.82) is 0 Å². The molecule has 0 aromatic heterocycles. The molecule has 2 nitrogen and oxygen atoms in total. The zero-order valence-electron chi connectivity index (χ0n) is 12.6. The fourth-order valence-electron chi connectivity index (χ4n) is 6.16. The second-order valence-electron chi connectivity index (χ2n) is 8.08. The first-order valence-electron chi connectivity index (χ1n) is 8.66. The van der Waals surface area contributed by atoms with Crippen LogP contribution in [0.4, 0.5) is 0 Å². The minimum Gasteiger partial charge on any atom is -0.393 e. The van der Waals surface area contributed by atoms with Gasteiger partial charge in [0.05, 0.1) is 12.2 Å². The van der Waals surface area contributed by atoms with Crippen molar-refractivity contribution in [3.8, 4) is 0 Å². The molecular formula is C18H28O2. The van der Waals surface area contributed by atoms with Crippen LogP contribution in [0.25, 0.3) is 0 Å². The van der Waals surface area contributed by atoms with E-state index in [9.17, 15) is 10.2 Å². The van der Waals surface area contributed by atoms with Gasteiger partial charge in [-0.25, -0.2) is 0 Å². The van der Waals surface area contributed by atoms with Crippen LogP contribution in [0.15, 0.2) is 11.1 Å². The lowest BCUT2D eigenvalue weighted by molar-refractivity contribution is -0.0326. The summed E-state index contributed by atoms with van der Waals surface area (Å²) in [7, 11) is 0. The Hall–Kier alpha value is -0.340. The second-order valence-corrected chi connectivity index (χ2v) is 8.08. The largest absolute Gasteiger partial charge is 0.393 e. The molecule has 0 heterocycles. The molecule has 0 saturated heterocycles. The number of fused-ring (bicyclic) bond motifs is 4. The van der Waals surface area contributed by atoms with Crippen LogP contribution in [0.2, 0.25) is 0 Å². The lowest BCUT2D eigenvalue weighted by atomic mass is 9.54. The number of hydrogen-bond donors (Lipinski definition) is 2. The van der Waals surface area contributed by atoms with E-state index in [0.717, 1.165) is 43.4 Å². The molecule has 2 fully saturated rings. The van der Waals surface area contributed by atoms with Crippen molar-refractivity contribution in [2.24, 2.45) is 23.2 Å². The predicted octanol–water partition coefficient (Wildman–Crippen LogP) is 3.43. The number of allylic oxidation sites excluding steroid dienone is 1. The lowest BCUT2D eigenvalue weighted by Gasteiger charge is -2.51. The van der Waals surface area contributed by atoms with Crippen LogP contribution in [-0.2, 0) is 0 Å². The number of aliphatic hydroxyl groups excluding tert-OH is 2. The SMILES string of the molecule is C[C@]12CC[C@@H]3C4=C(CC[C@@H]3[C@@H]1CC[C@@H]2O)C[C@H](O)CC4. The molecule has 0 spiro atoms. The summed E-state index contributed by atoms with van der Waals surface area (Å²) in [5.41, 5.74) is 3.54. The van der Waals surface area contributed by atoms with Crippen LogP contribution in [0.1, 0.15) is 64.7 Å². The molecule has 0 aliphatic heterocycles. The maximum absolute atomic E-state index is 10.4. The summed E-state index contributed by atoms with van der Waals surface area (Å²) >= 11 is 0. The van der Waals surface area contributed by atoms with Gasteiger partial charge in [-0.2, -0.15) is 0 Å². The topological polar surface area (TPSA) is 40.5 Å². The van der Waals surface area contributed by atoms with Gasteiger partial charge in [-0.15, -0.1) is 0 Å². The highest BCUT2D eigenvalue weighted by Crippen LogP contribution is 2.61. The highest BCUT2D eigenvalue weighted by atomic mass is 16.3. The number of aliphatic hydroxyl groups is 2. The van der Waals surface area contributed by atoms with Gasteiger partial charge in [0.1, 0.15) is 0 Å². The van der Waals surface area contributed by atoms with Crippen molar-refractivity contribution in [3.05, 3.63) is 11.1 Å². The first-order chi connectivity index (χ1) is 9.59. The molecule has 0 aromatic carbocycles. The summed E-state index contributed by atoms with van der Waals surface area (Å²) in [5, 5.41) is 20.3. The Balaban J connectivity index is 1.64. The summed E-state index contributed by atoms with van der Waals surface area (Å²) in [4.78, 5) is 0. The molecule has 0 aromatic rings. The van der Waals surface area contributed by atoms with E-state index in [0.29, 0.717) is 0 Å². The fraction of sp³-hybridized carbons (Fsp3) is 0.889. The molecule has 4 aliphatic carbocycles. The Morgan fingerprint density at radius 2 is 1.85 bits per heavy atom. The maximum atomic E-state index is 10.4. The molecule has 0 bridgehead atoms. The van der Waals surface area contributed by atoms with Gasteiger partial charge < -0.3 is 10.2 Å². The molecule has 112 valence electrons. The Morgan fingerprint density at radius 1 is 1.00 bits per heavy atom. The normalized spacial score (nSPS) is 51.5. The molecule has 2 saturated carbocycles. The first kappa shape index (κ1) is 13.3. The minimum atomic E-state index is -0.0764. The van der Waals surface area contributed by atoms with Crippen molar-refractivity contribution >= 4 is 0 Å². The van der Waals surface area contributed by atoms with Crippen LogP contribution in [-0.4, -0.2) is 22.4 Å². The molecule has 0 radical (unpaired) electrons. The average molecular weight is 276 g/mol. The molecule has 20 heavy (non-hydrogen) atoms. The predicted molar refractivity (Wildman–Crippen MR) is 79.2 cm³/mol. The average Bonchev–Trinajstić information content (AvgIpc) is 2.74. The van der Waals surface area contributed by atoms with E-state index in [4.69, 9.17) is 0 Å². The fourth-order valence-corrected chi connectivity index (χ4v) is 6.16. The van der Waals surface area contributed by atoms with Crippen molar-refractivity contribution in [3.63, 3.8) is 0 Å². The summed E-state index contributed by atoms with van der Waals surface area (Å²) in [6, 6.07) is 0. The third-order valence-electron chi connectivity index (χ3n) is 7.30. The monoisotopic (exact) mass is 276 g/mol. The molecule has 0 amide bonds. The van der Waals surface area contributed by atoms with E-state index < -0.39 is 0 Å². The summed E-state index contributed by atoms with van der Waals surface area (Å²) in [5.74, 6) is 2.35. The van der Waals surface area contributed by atoms with Crippen LogP contribution >= 0.6 is 0 Å². The van der Waals surface area contributed by atoms with E-state index in [1.165, 1.54) is 32.1 Å². The second kappa shape index (κ2) is 4.58. The van der Waals surface area contributed by atoms with Crippen LogP contribution in [0.5, 0.6) is 0 Å². The summed E-state index contributed by atoms with van der Waals surface area (Å²) < 4.78 is 0. The van der Waals surface area contributed by atoms with Gasteiger partial charge in [-0.05, 0) is 81.0 Å². The van der Waals surface area contributed by atoms with Gasteiger partial charge in [-0.1, -0.05) is 18.1 Å².